The summed E-state index contributed by atoms with van der Waals surface area (Å²) in [6.45, 7) is 9.52. The molecule has 1 aliphatic carbocycles. The summed E-state index contributed by atoms with van der Waals surface area (Å²) in [6, 6.07) is 0. The molecule has 0 unspecified atom stereocenters. The van der Waals surface area contributed by atoms with Gasteiger partial charge in [0, 0.05) is 6.54 Å². The van der Waals surface area contributed by atoms with Gasteiger partial charge in [-0.05, 0) is 52.4 Å². The van der Waals surface area contributed by atoms with Crippen LogP contribution < -0.4 is 5.32 Å². The fourth-order valence-electron chi connectivity index (χ4n) is 3.12. The molecule has 6 nitrogen and oxygen atoms in total. The molecule has 1 saturated carbocycles. The lowest BCUT2D eigenvalue weighted by Gasteiger charge is -2.41. The first-order valence-corrected chi connectivity index (χ1v) is 8.63. The number of hydrogen-bond acceptors (Lipinski definition) is 5. The molecule has 2 rings (SSSR count). The first-order chi connectivity index (χ1) is 10.7. The number of carbonyl (C=O) groups is 1. The Bertz CT molecular complexity index is 448. The zero-order valence-corrected chi connectivity index (χ0v) is 14.9. The van der Waals surface area contributed by atoms with Crippen LogP contribution in [0.15, 0.2) is 4.99 Å². The van der Waals surface area contributed by atoms with Gasteiger partial charge in [-0.25, -0.2) is 4.79 Å². The number of rotatable bonds is 2. The quantitative estimate of drug-likeness (QED) is 0.816. The monoisotopic (exact) mass is 325 g/mol. The SMILES string of the molecule is CC1CCC(CO)(NC2=NCCN(C(=O)OC(C)(C)C)C2)CC1. The third kappa shape index (κ3) is 5.09. The normalized spacial score (nSPS) is 29.0. The fraction of sp³-hybridized carbons (Fsp3) is 0.882. The molecule has 0 radical (unpaired) electrons. The molecule has 0 saturated heterocycles. The molecule has 1 fully saturated rings. The number of aliphatic imine (C=N–C) groups is 1. The van der Waals surface area contributed by atoms with Gasteiger partial charge in [0.15, 0.2) is 0 Å². The first-order valence-electron chi connectivity index (χ1n) is 8.63. The largest absolute Gasteiger partial charge is 0.444 e. The molecule has 23 heavy (non-hydrogen) atoms. The van der Waals surface area contributed by atoms with Crippen LogP contribution in [0.25, 0.3) is 0 Å². The molecular formula is C17H31N3O3. The van der Waals surface area contributed by atoms with E-state index in [0.29, 0.717) is 25.6 Å². The molecule has 2 N–H and O–H groups in total. The average molecular weight is 325 g/mol. The molecule has 0 aromatic rings. The number of nitrogens with zero attached hydrogens (tertiary/aromatic N) is 2. The van der Waals surface area contributed by atoms with Crippen molar-refractivity contribution in [3.8, 4) is 0 Å². The van der Waals surface area contributed by atoms with Crippen molar-refractivity contribution in [3.63, 3.8) is 0 Å². The second-order valence-corrected chi connectivity index (χ2v) is 7.98. The Morgan fingerprint density at radius 1 is 1.43 bits per heavy atom. The number of aliphatic hydroxyl groups is 1. The smallest absolute Gasteiger partial charge is 0.410 e. The van der Waals surface area contributed by atoms with Crippen molar-refractivity contribution in [2.24, 2.45) is 10.9 Å². The van der Waals surface area contributed by atoms with Crippen LogP contribution in [0.1, 0.15) is 53.4 Å². The lowest BCUT2D eigenvalue weighted by Crippen LogP contribution is -2.57. The van der Waals surface area contributed by atoms with Gasteiger partial charge in [-0.3, -0.25) is 9.89 Å². The fourth-order valence-corrected chi connectivity index (χ4v) is 3.12. The van der Waals surface area contributed by atoms with E-state index in [9.17, 15) is 9.90 Å². The summed E-state index contributed by atoms with van der Waals surface area (Å²) in [5.41, 5.74) is -0.784. The minimum absolute atomic E-state index is 0.102. The van der Waals surface area contributed by atoms with Gasteiger partial charge >= 0.3 is 6.09 Å². The number of hydrogen-bond donors (Lipinski definition) is 2. The zero-order chi connectivity index (χ0) is 17.1. The lowest BCUT2D eigenvalue weighted by atomic mass is 9.77. The summed E-state index contributed by atoms with van der Waals surface area (Å²) in [4.78, 5) is 18.4. The standard InChI is InChI=1S/C17H31N3O3/c1-13-5-7-17(12-21,8-6-13)19-14-11-20(10-9-18-14)15(22)23-16(2,3)4/h13,21H,5-12H2,1-4H3,(H,18,19). The number of aliphatic hydroxyl groups excluding tert-OH is 1. The molecule has 0 spiro atoms. The van der Waals surface area contributed by atoms with E-state index in [1.165, 1.54) is 0 Å². The topological polar surface area (TPSA) is 74.2 Å². The van der Waals surface area contributed by atoms with E-state index in [1.54, 1.807) is 4.90 Å². The van der Waals surface area contributed by atoms with Crippen LogP contribution in [0.3, 0.4) is 0 Å². The molecule has 0 bridgehead atoms. The molecule has 6 heteroatoms. The van der Waals surface area contributed by atoms with E-state index in [1.807, 2.05) is 20.8 Å². The predicted octanol–water partition coefficient (Wildman–Crippen LogP) is 2.17. The minimum Gasteiger partial charge on any atom is -0.444 e. The van der Waals surface area contributed by atoms with Crippen LogP contribution in [0.4, 0.5) is 4.79 Å². The highest BCUT2D eigenvalue weighted by molar-refractivity contribution is 5.88. The van der Waals surface area contributed by atoms with Gasteiger partial charge in [-0.2, -0.15) is 0 Å². The third-order valence-corrected chi connectivity index (χ3v) is 4.61. The Morgan fingerprint density at radius 3 is 2.65 bits per heavy atom. The summed E-state index contributed by atoms with van der Waals surface area (Å²) in [7, 11) is 0. The van der Waals surface area contributed by atoms with Crippen molar-refractivity contribution in [2.45, 2.75) is 64.5 Å². The molecule has 132 valence electrons. The second kappa shape index (κ2) is 7.07. The van der Waals surface area contributed by atoms with Gasteiger partial charge in [0.25, 0.3) is 0 Å². The van der Waals surface area contributed by atoms with Gasteiger partial charge in [0.05, 0.1) is 25.2 Å². The van der Waals surface area contributed by atoms with E-state index in [4.69, 9.17) is 4.74 Å². The minimum atomic E-state index is -0.495. The van der Waals surface area contributed by atoms with Crippen LogP contribution in [-0.4, -0.2) is 59.3 Å². The molecule has 1 aliphatic heterocycles. The number of nitrogens with one attached hydrogen (secondary N) is 1. The summed E-state index contributed by atoms with van der Waals surface area (Å²) in [5, 5.41) is 13.3. The maximum Gasteiger partial charge on any atom is 0.410 e. The summed E-state index contributed by atoms with van der Waals surface area (Å²) < 4.78 is 5.44. The number of amides is 1. The van der Waals surface area contributed by atoms with Crippen LogP contribution in [0.5, 0.6) is 0 Å². The number of ether oxygens (including phenoxy) is 1. The van der Waals surface area contributed by atoms with Crippen molar-refractivity contribution in [2.75, 3.05) is 26.2 Å². The van der Waals surface area contributed by atoms with E-state index < -0.39 is 5.60 Å². The van der Waals surface area contributed by atoms with Crippen LogP contribution in [-0.2, 0) is 4.74 Å². The Labute approximate surface area is 139 Å². The molecule has 2 aliphatic rings. The Hall–Kier alpha value is -1.30. The van der Waals surface area contributed by atoms with Crippen LogP contribution in [0.2, 0.25) is 0 Å². The van der Waals surface area contributed by atoms with Crippen LogP contribution in [0, 0.1) is 5.92 Å². The van der Waals surface area contributed by atoms with Gasteiger partial charge < -0.3 is 15.2 Å². The number of carbonyl (C=O) groups excluding carboxylic acids is 1. The Balaban J connectivity index is 1.95. The average Bonchev–Trinajstić information content (AvgIpc) is 2.48. The highest BCUT2D eigenvalue weighted by Crippen LogP contribution is 2.31. The number of amidine groups is 1. The Kier molecular flexibility index (Phi) is 5.55. The zero-order valence-electron chi connectivity index (χ0n) is 14.9. The van der Waals surface area contributed by atoms with Crippen molar-refractivity contribution in [3.05, 3.63) is 0 Å². The van der Waals surface area contributed by atoms with Gasteiger partial charge in [-0.15, -0.1) is 0 Å². The first kappa shape index (κ1) is 18.0. The second-order valence-electron chi connectivity index (χ2n) is 7.98. The highest BCUT2D eigenvalue weighted by atomic mass is 16.6. The van der Waals surface area contributed by atoms with E-state index >= 15 is 0 Å². The molecular weight excluding hydrogens is 294 g/mol. The van der Waals surface area contributed by atoms with Gasteiger partial charge in [-0.1, -0.05) is 6.92 Å². The Morgan fingerprint density at radius 2 is 2.09 bits per heavy atom. The molecule has 1 heterocycles. The maximum atomic E-state index is 12.2. The van der Waals surface area contributed by atoms with Crippen molar-refractivity contribution < 1.29 is 14.6 Å². The summed E-state index contributed by atoms with van der Waals surface area (Å²) in [5.74, 6) is 1.49. The third-order valence-electron chi connectivity index (χ3n) is 4.61. The van der Waals surface area contributed by atoms with Crippen molar-refractivity contribution >= 4 is 11.9 Å². The maximum absolute atomic E-state index is 12.2. The molecule has 0 aromatic carbocycles. The molecule has 1 amide bonds. The lowest BCUT2D eigenvalue weighted by molar-refractivity contribution is 0.0273. The molecule has 0 aromatic heterocycles. The van der Waals surface area contributed by atoms with Crippen molar-refractivity contribution in [1.82, 2.24) is 10.2 Å². The van der Waals surface area contributed by atoms with Crippen LogP contribution >= 0.6 is 0 Å². The highest BCUT2D eigenvalue weighted by Gasteiger charge is 2.35. The molecule has 0 atom stereocenters. The summed E-state index contributed by atoms with van der Waals surface area (Å²) in [6.07, 6.45) is 3.79. The van der Waals surface area contributed by atoms with Crippen molar-refractivity contribution in [1.29, 1.82) is 0 Å². The van der Waals surface area contributed by atoms with E-state index in [0.717, 1.165) is 31.5 Å². The van der Waals surface area contributed by atoms with Gasteiger partial charge in [0.1, 0.15) is 11.4 Å². The van der Waals surface area contributed by atoms with E-state index in [2.05, 4.69) is 17.2 Å². The van der Waals surface area contributed by atoms with E-state index in [-0.39, 0.29) is 18.2 Å². The predicted molar refractivity (Wildman–Crippen MR) is 90.7 cm³/mol. The van der Waals surface area contributed by atoms with Gasteiger partial charge in [0.2, 0.25) is 0 Å². The summed E-state index contributed by atoms with van der Waals surface area (Å²) >= 11 is 0.